The molecule has 0 bridgehead atoms. The minimum Gasteiger partial charge on any atom is -0.103 e. The van der Waals surface area contributed by atoms with Gasteiger partial charge in [-0.05, 0) is 18.3 Å². The molecular weight excluding hydrogens is 132 g/mol. The second kappa shape index (κ2) is 6.45. The first-order valence-corrected chi connectivity index (χ1v) is 4.87. The SMILES string of the molecule is C=CCC(CCC)C(C)CC. The Kier molecular flexibility index (Phi) is 6.30. The van der Waals surface area contributed by atoms with E-state index in [1.165, 1.54) is 25.7 Å². The summed E-state index contributed by atoms with van der Waals surface area (Å²) in [6.45, 7) is 10.7. The van der Waals surface area contributed by atoms with Crippen LogP contribution < -0.4 is 0 Å². The molecule has 0 aromatic rings. The van der Waals surface area contributed by atoms with Crippen LogP contribution >= 0.6 is 0 Å². The van der Waals surface area contributed by atoms with Crippen molar-refractivity contribution in [1.82, 2.24) is 0 Å². The van der Waals surface area contributed by atoms with E-state index in [4.69, 9.17) is 0 Å². The summed E-state index contributed by atoms with van der Waals surface area (Å²) in [5.41, 5.74) is 0. The van der Waals surface area contributed by atoms with Crippen LogP contribution in [0.4, 0.5) is 0 Å². The summed E-state index contributed by atoms with van der Waals surface area (Å²) in [5.74, 6) is 1.75. The molecular formula is C11H22. The zero-order valence-electron chi connectivity index (χ0n) is 8.27. The first-order chi connectivity index (χ1) is 5.26. The van der Waals surface area contributed by atoms with E-state index in [-0.39, 0.29) is 0 Å². The summed E-state index contributed by atoms with van der Waals surface area (Å²) in [6.07, 6.45) is 7.23. The van der Waals surface area contributed by atoms with Gasteiger partial charge in [-0.25, -0.2) is 0 Å². The fourth-order valence-corrected chi connectivity index (χ4v) is 1.55. The molecule has 0 aromatic heterocycles. The molecule has 0 N–H and O–H groups in total. The lowest BCUT2D eigenvalue weighted by Crippen LogP contribution is -2.09. The number of rotatable bonds is 6. The van der Waals surface area contributed by atoms with Gasteiger partial charge in [-0.15, -0.1) is 6.58 Å². The summed E-state index contributed by atoms with van der Waals surface area (Å²) in [5, 5.41) is 0. The van der Waals surface area contributed by atoms with Crippen molar-refractivity contribution in [2.45, 2.75) is 46.5 Å². The molecule has 0 aliphatic carbocycles. The minimum atomic E-state index is 0.868. The first-order valence-electron chi connectivity index (χ1n) is 4.87. The summed E-state index contributed by atoms with van der Waals surface area (Å²) in [7, 11) is 0. The van der Waals surface area contributed by atoms with Gasteiger partial charge in [0.25, 0.3) is 0 Å². The van der Waals surface area contributed by atoms with Crippen molar-refractivity contribution in [2.75, 3.05) is 0 Å². The lowest BCUT2D eigenvalue weighted by atomic mass is 9.86. The van der Waals surface area contributed by atoms with E-state index < -0.39 is 0 Å². The zero-order chi connectivity index (χ0) is 8.69. The van der Waals surface area contributed by atoms with Gasteiger partial charge in [0.2, 0.25) is 0 Å². The smallest absolute Gasteiger partial charge is 0.0322 e. The highest BCUT2D eigenvalue weighted by Crippen LogP contribution is 2.23. The van der Waals surface area contributed by atoms with Crippen LogP contribution in [-0.2, 0) is 0 Å². The van der Waals surface area contributed by atoms with Crippen molar-refractivity contribution in [3.05, 3.63) is 12.7 Å². The van der Waals surface area contributed by atoms with Gasteiger partial charge in [0.15, 0.2) is 0 Å². The lowest BCUT2D eigenvalue weighted by Gasteiger charge is -2.20. The first kappa shape index (κ1) is 10.7. The third-order valence-corrected chi connectivity index (χ3v) is 2.58. The van der Waals surface area contributed by atoms with Crippen LogP contribution in [0.1, 0.15) is 46.5 Å². The largest absolute Gasteiger partial charge is 0.103 e. The molecule has 2 unspecified atom stereocenters. The van der Waals surface area contributed by atoms with Gasteiger partial charge < -0.3 is 0 Å². The number of hydrogen-bond acceptors (Lipinski definition) is 0. The molecule has 0 aromatic carbocycles. The van der Waals surface area contributed by atoms with Crippen molar-refractivity contribution in [1.29, 1.82) is 0 Å². The summed E-state index contributed by atoms with van der Waals surface area (Å²) < 4.78 is 0. The molecule has 0 spiro atoms. The van der Waals surface area contributed by atoms with Gasteiger partial charge in [-0.3, -0.25) is 0 Å². The standard InChI is InChI=1S/C11H22/c1-5-8-11(9-6-2)10(4)7-3/h5,10-11H,1,6-9H2,2-4H3. The Balaban J connectivity index is 3.75. The quantitative estimate of drug-likeness (QED) is 0.507. The van der Waals surface area contributed by atoms with Gasteiger partial charge in [0.05, 0.1) is 0 Å². The van der Waals surface area contributed by atoms with E-state index in [9.17, 15) is 0 Å². The Bertz CT molecular complexity index is 94.2. The average Bonchev–Trinajstić information content (AvgIpc) is 2.03. The molecule has 0 aliphatic rings. The van der Waals surface area contributed by atoms with Crippen molar-refractivity contribution in [2.24, 2.45) is 11.8 Å². The Morgan fingerprint density at radius 2 is 2.00 bits per heavy atom. The van der Waals surface area contributed by atoms with E-state index >= 15 is 0 Å². The van der Waals surface area contributed by atoms with Crippen LogP contribution in [-0.4, -0.2) is 0 Å². The van der Waals surface area contributed by atoms with Gasteiger partial charge in [-0.2, -0.15) is 0 Å². The van der Waals surface area contributed by atoms with Crippen LogP contribution in [0, 0.1) is 11.8 Å². The monoisotopic (exact) mass is 154 g/mol. The summed E-state index contributed by atoms with van der Waals surface area (Å²) in [4.78, 5) is 0. The molecule has 0 heteroatoms. The van der Waals surface area contributed by atoms with Crippen LogP contribution in [0.15, 0.2) is 12.7 Å². The molecule has 0 amide bonds. The van der Waals surface area contributed by atoms with Crippen LogP contribution in [0.2, 0.25) is 0 Å². The summed E-state index contributed by atoms with van der Waals surface area (Å²) in [6, 6.07) is 0. The maximum absolute atomic E-state index is 3.80. The molecule has 0 radical (unpaired) electrons. The second-order valence-electron chi connectivity index (χ2n) is 3.46. The third-order valence-electron chi connectivity index (χ3n) is 2.58. The van der Waals surface area contributed by atoms with Gasteiger partial charge in [0.1, 0.15) is 0 Å². The predicted octanol–water partition coefficient (Wildman–Crippen LogP) is 4.02. The topological polar surface area (TPSA) is 0 Å². The lowest BCUT2D eigenvalue weighted by molar-refractivity contribution is 0.327. The van der Waals surface area contributed by atoms with Crippen molar-refractivity contribution in [3.8, 4) is 0 Å². The predicted molar refractivity (Wildman–Crippen MR) is 52.7 cm³/mol. The second-order valence-corrected chi connectivity index (χ2v) is 3.46. The van der Waals surface area contributed by atoms with Gasteiger partial charge >= 0.3 is 0 Å². The summed E-state index contributed by atoms with van der Waals surface area (Å²) >= 11 is 0. The van der Waals surface area contributed by atoms with Gasteiger partial charge in [0, 0.05) is 0 Å². The molecule has 0 fully saturated rings. The van der Waals surface area contributed by atoms with E-state index in [0.717, 1.165) is 11.8 Å². The fourth-order valence-electron chi connectivity index (χ4n) is 1.55. The molecule has 0 nitrogen and oxygen atoms in total. The minimum absolute atomic E-state index is 0.868. The van der Waals surface area contributed by atoms with Crippen molar-refractivity contribution in [3.63, 3.8) is 0 Å². The highest BCUT2D eigenvalue weighted by Gasteiger charge is 2.12. The molecule has 0 rings (SSSR count). The van der Waals surface area contributed by atoms with Crippen molar-refractivity contribution >= 4 is 0 Å². The molecule has 0 heterocycles. The van der Waals surface area contributed by atoms with E-state index in [1.54, 1.807) is 0 Å². The Morgan fingerprint density at radius 3 is 2.36 bits per heavy atom. The Hall–Kier alpha value is -0.260. The molecule has 2 atom stereocenters. The molecule has 11 heavy (non-hydrogen) atoms. The van der Waals surface area contributed by atoms with Crippen LogP contribution in [0.3, 0.4) is 0 Å². The van der Waals surface area contributed by atoms with E-state index in [2.05, 4.69) is 33.4 Å². The Morgan fingerprint density at radius 1 is 1.36 bits per heavy atom. The number of allylic oxidation sites excluding steroid dienone is 1. The molecule has 0 saturated heterocycles. The highest BCUT2D eigenvalue weighted by atomic mass is 14.2. The van der Waals surface area contributed by atoms with Crippen LogP contribution in [0.25, 0.3) is 0 Å². The molecule has 0 aliphatic heterocycles. The normalized spacial score (nSPS) is 15.9. The van der Waals surface area contributed by atoms with Crippen molar-refractivity contribution < 1.29 is 0 Å². The Labute approximate surface area is 71.7 Å². The zero-order valence-corrected chi connectivity index (χ0v) is 8.27. The van der Waals surface area contributed by atoms with E-state index in [0.29, 0.717) is 0 Å². The third kappa shape index (κ3) is 4.23. The van der Waals surface area contributed by atoms with Crippen LogP contribution in [0.5, 0.6) is 0 Å². The number of hydrogen-bond donors (Lipinski definition) is 0. The fraction of sp³-hybridized carbons (Fsp3) is 0.818. The maximum atomic E-state index is 3.80. The van der Waals surface area contributed by atoms with E-state index in [1.807, 2.05) is 0 Å². The molecule has 66 valence electrons. The average molecular weight is 154 g/mol. The van der Waals surface area contributed by atoms with Gasteiger partial charge in [-0.1, -0.05) is 46.1 Å². The molecule has 0 saturated carbocycles. The maximum Gasteiger partial charge on any atom is -0.0322 e. The highest BCUT2D eigenvalue weighted by molar-refractivity contribution is 4.75.